The summed E-state index contributed by atoms with van der Waals surface area (Å²) in [6, 6.07) is 17.0. The molecule has 2 aliphatic heterocycles. The van der Waals surface area contributed by atoms with Gasteiger partial charge in [-0.3, -0.25) is 4.79 Å². The first-order valence-electron chi connectivity index (χ1n) is 16.8. The SMILES string of the molecule is C[C@H](CO)N1C[C@H](C)[C@H](CN(C)S(=O)(=O)c2ccccc2)OCCCC[C@H](C)Oc2ccc(NC(=O)Nc3ccc4c(c3)OCO4)cc2C1=O. The molecule has 0 aliphatic carbocycles. The second kappa shape index (κ2) is 16.6. The van der Waals surface area contributed by atoms with E-state index in [0.29, 0.717) is 41.7 Å². The van der Waals surface area contributed by atoms with Gasteiger partial charge in [-0.1, -0.05) is 25.1 Å². The van der Waals surface area contributed by atoms with Crippen LogP contribution in [0.25, 0.3) is 0 Å². The number of ether oxygens (including phenoxy) is 4. The maximum absolute atomic E-state index is 14.4. The average molecular weight is 711 g/mol. The molecule has 2 heterocycles. The van der Waals surface area contributed by atoms with Crippen molar-refractivity contribution in [3.8, 4) is 17.2 Å². The fraction of sp³-hybridized carbons (Fsp3) is 0.444. The first kappa shape index (κ1) is 36.9. The number of carbonyl (C=O) groups excluding carboxylic acids is 2. The van der Waals surface area contributed by atoms with Crippen molar-refractivity contribution in [2.24, 2.45) is 5.92 Å². The molecule has 0 fully saturated rings. The molecule has 0 unspecified atom stereocenters. The first-order chi connectivity index (χ1) is 24.0. The van der Waals surface area contributed by atoms with Crippen LogP contribution in [0.5, 0.6) is 17.2 Å². The number of urea groups is 1. The molecule has 0 spiro atoms. The predicted molar refractivity (Wildman–Crippen MR) is 188 cm³/mol. The monoisotopic (exact) mass is 710 g/mol. The third-order valence-electron chi connectivity index (χ3n) is 8.83. The third-order valence-corrected chi connectivity index (χ3v) is 10.7. The van der Waals surface area contributed by atoms with Gasteiger partial charge in [0.05, 0.1) is 35.3 Å². The largest absolute Gasteiger partial charge is 0.490 e. The van der Waals surface area contributed by atoms with Crippen LogP contribution >= 0.6 is 0 Å². The van der Waals surface area contributed by atoms with Crippen molar-refractivity contribution in [3.05, 3.63) is 72.3 Å². The molecule has 0 radical (unpaired) electrons. The summed E-state index contributed by atoms with van der Waals surface area (Å²) in [5.41, 5.74) is 1.06. The Kier molecular flexibility index (Phi) is 12.2. The maximum Gasteiger partial charge on any atom is 0.323 e. The van der Waals surface area contributed by atoms with Gasteiger partial charge < -0.3 is 39.6 Å². The minimum atomic E-state index is -3.79. The summed E-state index contributed by atoms with van der Waals surface area (Å²) in [4.78, 5) is 29.1. The molecule has 13 nitrogen and oxygen atoms in total. The Balaban J connectivity index is 1.39. The number of aliphatic hydroxyl groups is 1. The number of likely N-dealkylation sites (N-methyl/N-ethyl adjacent to an activating group) is 1. The van der Waals surface area contributed by atoms with Crippen molar-refractivity contribution in [3.63, 3.8) is 0 Å². The highest BCUT2D eigenvalue weighted by Gasteiger charge is 2.32. The number of amides is 3. The van der Waals surface area contributed by atoms with Gasteiger partial charge in [0.15, 0.2) is 11.5 Å². The lowest BCUT2D eigenvalue weighted by atomic mass is 10.0. The van der Waals surface area contributed by atoms with Crippen molar-refractivity contribution in [1.82, 2.24) is 9.21 Å². The highest BCUT2D eigenvalue weighted by molar-refractivity contribution is 7.89. The molecule has 3 amide bonds. The summed E-state index contributed by atoms with van der Waals surface area (Å²) in [6.45, 7) is 5.99. The van der Waals surface area contributed by atoms with Crippen molar-refractivity contribution in [1.29, 1.82) is 0 Å². The molecular formula is C36H46N4O9S. The first-order valence-corrected chi connectivity index (χ1v) is 18.2. The van der Waals surface area contributed by atoms with E-state index in [9.17, 15) is 23.1 Å². The number of sulfonamides is 1. The topological polar surface area (TPSA) is 156 Å². The number of nitrogens with zero attached hydrogens (tertiary/aromatic N) is 2. The van der Waals surface area contributed by atoms with Gasteiger partial charge in [-0.25, -0.2) is 13.2 Å². The molecule has 0 bridgehead atoms. The summed E-state index contributed by atoms with van der Waals surface area (Å²) in [7, 11) is -2.26. The zero-order valence-corrected chi connectivity index (χ0v) is 29.6. The second-order valence-electron chi connectivity index (χ2n) is 12.8. The molecule has 0 saturated heterocycles. The molecule has 3 aromatic carbocycles. The molecule has 0 aromatic heterocycles. The lowest BCUT2D eigenvalue weighted by Gasteiger charge is -2.35. The number of anilines is 2. The number of rotatable bonds is 8. The minimum absolute atomic E-state index is 0.0661. The highest BCUT2D eigenvalue weighted by atomic mass is 32.2. The summed E-state index contributed by atoms with van der Waals surface area (Å²) < 4.78 is 51.4. The molecule has 14 heteroatoms. The zero-order valence-electron chi connectivity index (χ0n) is 28.8. The van der Waals surface area contributed by atoms with E-state index in [-0.39, 0.29) is 49.0 Å². The summed E-state index contributed by atoms with van der Waals surface area (Å²) >= 11 is 0. The Hall–Kier alpha value is -4.37. The summed E-state index contributed by atoms with van der Waals surface area (Å²) in [6.07, 6.45) is 1.42. The number of hydrogen-bond donors (Lipinski definition) is 3. The second-order valence-corrected chi connectivity index (χ2v) is 14.8. The molecule has 50 heavy (non-hydrogen) atoms. The fourth-order valence-electron chi connectivity index (χ4n) is 5.85. The molecule has 4 atom stereocenters. The molecule has 0 saturated carbocycles. The Morgan fingerprint density at radius 3 is 2.38 bits per heavy atom. The normalized spacial score (nSPS) is 20.7. The quantitative estimate of drug-likeness (QED) is 0.287. The van der Waals surface area contributed by atoms with Crippen LogP contribution in [0.15, 0.2) is 71.6 Å². The fourth-order valence-corrected chi connectivity index (χ4v) is 7.06. The van der Waals surface area contributed by atoms with Gasteiger partial charge in [0, 0.05) is 50.1 Å². The molecule has 270 valence electrons. The van der Waals surface area contributed by atoms with E-state index >= 15 is 0 Å². The van der Waals surface area contributed by atoms with E-state index in [0.717, 1.165) is 12.8 Å². The Labute approximate surface area is 293 Å². The number of fused-ring (bicyclic) bond motifs is 2. The van der Waals surface area contributed by atoms with Crippen LogP contribution < -0.4 is 24.8 Å². The summed E-state index contributed by atoms with van der Waals surface area (Å²) in [5.74, 6) is 0.719. The van der Waals surface area contributed by atoms with E-state index in [1.165, 1.54) is 11.4 Å². The number of aliphatic hydroxyl groups excluding tert-OH is 1. The van der Waals surface area contributed by atoms with Crippen LogP contribution in [0.4, 0.5) is 16.2 Å². The number of hydrogen-bond acceptors (Lipinski definition) is 9. The van der Waals surface area contributed by atoms with Crippen LogP contribution in [0.1, 0.15) is 50.4 Å². The van der Waals surface area contributed by atoms with Gasteiger partial charge in [-0.15, -0.1) is 0 Å². The van der Waals surface area contributed by atoms with E-state index in [2.05, 4.69) is 10.6 Å². The van der Waals surface area contributed by atoms with Gasteiger partial charge in [0.1, 0.15) is 5.75 Å². The van der Waals surface area contributed by atoms with Gasteiger partial charge in [-0.05, 0) is 75.6 Å². The van der Waals surface area contributed by atoms with E-state index in [1.54, 1.807) is 78.6 Å². The van der Waals surface area contributed by atoms with Crippen molar-refractivity contribution < 1.29 is 42.1 Å². The molecule has 5 rings (SSSR count). The number of benzene rings is 3. The van der Waals surface area contributed by atoms with E-state index in [1.807, 2.05) is 13.8 Å². The smallest absolute Gasteiger partial charge is 0.323 e. The zero-order chi connectivity index (χ0) is 35.8. The lowest BCUT2D eigenvalue weighted by molar-refractivity contribution is -0.00833. The lowest BCUT2D eigenvalue weighted by Crippen LogP contribution is -2.48. The van der Waals surface area contributed by atoms with Gasteiger partial charge >= 0.3 is 6.03 Å². The maximum atomic E-state index is 14.4. The molecule has 2 aliphatic rings. The standard InChI is InChI=1S/C36H46N4O9S/c1-24-20-40(25(2)22-41)35(42)30-18-27(37-36(43)38-28-14-16-32-33(19-28)48-23-47-32)13-15-31(30)49-26(3)10-8-9-17-46-34(24)21-39(4)50(44,45)29-11-6-5-7-12-29/h5-7,11-16,18-19,24-26,34,41H,8-10,17,20-23H2,1-4H3,(H2,37,38,43)/t24-,25+,26-,34-/m0/s1. The van der Waals surface area contributed by atoms with Gasteiger partial charge in [0.25, 0.3) is 5.91 Å². The molecular weight excluding hydrogens is 664 g/mol. The third kappa shape index (κ3) is 9.04. The van der Waals surface area contributed by atoms with Crippen LogP contribution in [0.3, 0.4) is 0 Å². The van der Waals surface area contributed by atoms with Crippen molar-refractivity contribution in [2.75, 3.05) is 50.8 Å². The number of carbonyl (C=O) groups is 2. The van der Waals surface area contributed by atoms with Crippen LogP contribution in [-0.2, 0) is 14.8 Å². The average Bonchev–Trinajstić information content (AvgIpc) is 3.57. The Bertz CT molecular complexity index is 1740. The van der Waals surface area contributed by atoms with Crippen molar-refractivity contribution in [2.45, 2.75) is 63.2 Å². The Morgan fingerprint density at radius 1 is 0.980 bits per heavy atom. The molecule has 3 aromatic rings. The van der Waals surface area contributed by atoms with Gasteiger partial charge in [0.2, 0.25) is 16.8 Å². The number of nitrogens with one attached hydrogen (secondary N) is 2. The summed E-state index contributed by atoms with van der Waals surface area (Å²) in [5, 5.41) is 15.8. The van der Waals surface area contributed by atoms with E-state index < -0.39 is 34.1 Å². The van der Waals surface area contributed by atoms with Gasteiger partial charge in [-0.2, -0.15) is 4.31 Å². The molecule has 3 N–H and O–H groups in total. The highest BCUT2D eigenvalue weighted by Crippen LogP contribution is 2.34. The van der Waals surface area contributed by atoms with Crippen LogP contribution in [0, 0.1) is 5.92 Å². The van der Waals surface area contributed by atoms with Crippen LogP contribution in [0.2, 0.25) is 0 Å². The minimum Gasteiger partial charge on any atom is -0.490 e. The Morgan fingerprint density at radius 2 is 1.66 bits per heavy atom. The van der Waals surface area contributed by atoms with Crippen molar-refractivity contribution >= 4 is 33.3 Å². The predicted octanol–water partition coefficient (Wildman–Crippen LogP) is 5.18. The van der Waals surface area contributed by atoms with Crippen LogP contribution in [-0.4, -0.2) is 93.1 Å². The van der Waals surface area contributed by atoms with E-state index in [4.69, 9.17) is 18.9 Å².